The molecule has 2 amide bonds. The molecule has 4 rings (SSSR count). The van der Waals surface area contributed by atoms with E-state index in [-0.39, 0.29) is 17.9 Å². The fraction of sp³-hybridized carbons (Fsp3) is 0.704. The molecule has 1 unspecified atom stereocenters. The third-order valence-corrected chi connectivity index (χ3v) is 9.77. The Morgan fingerprint density at radius 3 is 2.54 bits per heavy atom. The van der Waals surface area contributed by atoms with Gasteiger partial charge in [0.15, 0.2) is 0 Å². The first-order chi connectivity index (χ1) is 17.2. The van der Waals surface area contributed by atoms with E-state index in [0.717, 1.165) is 55.8 Å². The fourth-order valence-corrected chi connectivity index (χ4v) is 7.50. The minimum Gasteiger partial charge on any atom is -0.354 e. The summed E-state index contributed by atoms with van der Waals surface area (Å²) in [5.74, 6) is 4.54. The molecule has 0 aromatic heterocycles. The summed E-state index contributed by atoms with van der Waals surface area (Å²) in [6.07, 6.45) is 8.85. The number of hydrogen-bond donors (Lipinski definition) is 3. The molecule has 3 aliphatic rings. The maximum Gasteiger partial charge on any atom is 0.243 e. The standard InChI is InChI=1S/C27H42N4O2S2/c32-26(28-15-21-11-13-31(14-12-21)16-22-7-3-1-4-8-22)25(30-27(33)24-18-35-20-29-24)19-34-17-23-9-5-2-6-10-23/h1,3-4,7-8,21,23-25,29H,2,5-6,9-20H2,(H,28,32)(H,30,33)/t24-,25?/m0/s1. The predicted octanol–water partition coefficient (Wildman–Crippen LogP) is 3.48. The van der Waals surface area contributed by atoms with E-state index in [2.05, 4.69) is 51.2 Å². The molecule has 0 radical (unpaired) electrons. The van der Waals surface area contributed by atoms with Crippen LogP contribution in [0.1, 0.15) is 50.5 Å². The highest BCUT2D eigenvalue weighted by Gasteiger charge is 2.29. The first-order valence-electron chi connectivity index (χ1n) is 13.4. The molecule has 8 heteroatoms. The van der Waals surface area contributed by atoms with Gasteiger partial charge in [0.25, 0.3) is 0 Å². The zero-order valence-electron chi connectivity index (χ0n) is 20.9. The van der Waals surface area contributed by atoms with Gasteiger partial charge in [-0.25, -0.2) is 0 Å². The van der Waals surface area contributed by atoms with E-state index in [1.165, 1.54) is 37.7 Å². The largest absolute Gasteiger partial charge is 0.354 e. The fourth-order valence-electron chi connectivity index (χ4n) is 5.28. The molecule has 1 aliphatic carbocycles. The summed E-state index contributed by atoms with van der Waals surface area (Å²) in [6.45, 7) is 3.84. The highest BCUT2D eigenvalue weighted by atomic mass is 32.2. The highest BCUT2D eigenvalue weighted by Crippen LogP contribution is 2.27. The Morgan fingerprint density at radius 2 is 1.83 bits per heavy atom. The third-order valence-electron chi connectivity index (χ3n) is 7.55. The van der Waals surface area contributed by atoms with Gasteiger partial charge >= 0.3 is 0 Å². The maximum atomic E-state index is 13.1. The minimum absolute atomic E-state index is 0.0214. The first kappa shape index (κ1) is 26.8. The van der Waals surface area contributed by atoms with Gasteiger partial charge in [0.05, 0.1) is 6.04 Å². The first-order valence-corrected chi connectivity index (χ1v) is 15.7. The van der Waals surface area contributed by atoms with Crippen LogP contribution in [0, 0.1) is 11.8 Å². The number of likely N-dealkylation sites (tertiary alicyclic amines) is 1. The summed E-state index contributed by atoms with van der Waals surface area (Å²) >= 11 is 3.57. The molecule has 2 aliphatic heterocycles. The van der Waals surface area contributed by atoms with Gasteiger partial charge in [-0.05, 0) is 61.9 Å². The Kier molecular flexibility index (Phi) is 11.1. The lowest BCUT2D eigenvalue weighted by molar-refractivity contribution is -0.129. The van der Waals surface area contributed by atoms with Gasteiger partial charge < -0.3 is 10.6 Å². The number of piperidine rings is 1. The molecule has 1 saturated carbocycles. The molecule has 6 nitrogen and oxygen atoms in total. The molecule has 0 spiro atoms. The van der Waals surface area contributed by atoms with Gasteiger partial charge in [0, 0.05) is 30.5 Å². The summed E-state index contributed by atoms with van der Waals surface area (Å²) in [5, 5.41) is 9.47. The number of rotatable bonds is 11. The van der Waals surface area contributed by atoms with Crippen molar-refractivity contribution in [1.82, 2.24) is 20.9 Å². The summed E-state index contributed by atoms with van der Waals surface area (Å²) in [5.41, 5.74) is 1.36. The zero-order valence-corrected chi connectivity index (χ0v) is 22.5. The second-order valence-corrected chi connectivity index (χ2v) is 12.4. The summed E-state index contributed by atoms with van der Waals surface area (Å²) in [6, 6.07) is 9.99. The lowest BCUT2D eigenvalue weighted by Gasteiger charge is -2.32. The SMILES string of the molecule is O=C(NCC1CCN(Cc2ccccc2)CC1)C(CSCC1CCCCC1)NC(=O)[C@@H]1CSCN1. The molecule has 194 valence electrons. The number of carbonyl (C=O) groups excluding carboxylic acids is 2. The lowest BCUT2D eigenvalue weighted by atomic mass is 9.91. The molecule has 1 aromatic rings. The van der Waals surface area contributed by atoms with Crippen molar-refractivity contribution in [3.05, 3.63) is 35.9 Å². The Hall–Kier alpha value is -1.22. The zero-order chi connectivity index (χ0) is 24.3. The molecule has 2 saturated heterocycles. The van der Waals surface area contributed by atoms with E-state index < -0.39 is 6.04 Å². The van der Waals surface area contributed by atoms with Crippen molar-refractivity contribution in [2.75, 3.05) is 42.8 Å². The maximum absolute atomic E-state index is 13.1. The van der Waals surface area contributed by atoms with Crippen LogP contribution < -0.4 is 16.0 Å². The number of amides is 2. The van der Waals surface area contributed by atoms with Gasteiger partial charge in [-0.15, -0.1) is 11.8 Å². The third kappa shape index (κ3) is 8.99. The van der Waals surface area contributed by atoms with E-state index in [0.29, 0.717) is 18.2 Å². The van der Waals surface area contributed by atoms with Crippen LogP contribution in [0.5, 0.6) is 0 Å². The van der Waals surface area contributed by atoms with Crippen LogP contribution in [-0.4, -0.2) is 71.6 Å². The van der Waals surface area contributed by atoms with Crippen molar-refractivity contribution in [2.45, 2.75) is 63.6 Å². The molecule has 2 heterocycles. The Bertz CT molecular complexity index is 777. The van der Waals surface area contributed by atoms with E-state index in [9.17, 15) is 9.59 Å². The lowest BCUT2D eigenvalue weighted by Crippen LogP contribution is -2.54. The van der Waals surface area contributed by atoms with Crippen LogP contribution in [0.25, 0.3) is 0 Å². The molecule has 2 atom stereocenters. The van der Waals surface area contributed by atoms with Crippen LogP contribution in [0.15, 0.2) is 30.3 Å². The van der Waals surface area contributed by atoms with Gasteiger partial charge in [-0.1, -0.05) is 49.6 Å². The van der Waals surface area contributed by atoms with E-state index in [4.69, 9.17) is 0 Å². The average molecular weight is 519 g/mol. The van der Waals surface area contributed by atoms with Crippen molar-refractivity contribution in [2.24, 2.45) is 11.8 Å². The van der Waals surface area contributed by atoms with Crippen LogP contribution in [-0.2, 0) is 16.1 Å². The highest BCUT2D eigenvalue weighted by molar-refractivity contribution is 7.99. The van der Waals surface area contributed by atoms with Crippen molar-refractivity contribution in [3.8, 4) is 0 Å². The molecule has 35 heavy (non-hydrogen) atoms. The van der Waals surface area contributed by atoms with Crippen molar-refractivity contribution < 1.29 is 9.59 Å². The summed E-state index contributed by atoms with van der Waals surface area (Å²) in [7, 11) is 0. The number of thioether (sulfide) groups is 2. The molecule has 3 N–H and O–H groups in total. The number of nitrogens with zero attached hydrogens (tertiary/aromatic N) is 1. The van der Waals surface area contributed by atoms with Gasteiger partial charge in [-0.3, -0.25) is 19.8 Å². The molecular formula is C27H42N4O2S2. The van der Waals surface area contributed by atoms with Crippen molar-refractivity contribution in [3.63, 3.8) is 0 Å². The van der Waals surface area contributed by atoms with E-state index >= 15 is 0 Å². The quantitative estimate of drug-likeness (QED) is 0.417. The van der Waals surface area contributed by atoms with Crippen molar-refractivity contribution >= 4 is 35.3 Å². The average Bonchev–Trinajstić information content (AvgIpc) is 3.44. The van der Waals surface area contributed by atoms with E-state index in [1.54, 1.807) is 11.8 Å². The van der Waals surface area contributed by atoms with Gasteiger partial charge in [0.1, 0.15) is 6.04 Å². The Morgan fingerprint density at radius 1 is 1.06 bits per heavy atom. The summed E-state index contributed by atoms with van der Waals surface area (Å²) in [4.78, 5) is 28.4. The Balaban J connectivity index is 1.21. The van der Waals surface area contributed by atoms with Crippen LogP contribution in [0.4, 0.5) is 0 Å². The second kappa shape index (κ2) is 14.5. The molecule has 3 fully saturated rings. The number of hydrogen-bond acceptors (Lipinski definition) is 6. The van der Waals surface area contributed by atoms with Crippen molar-refractivity contribution in [1.29, 1.82) is 0 Å². The second-order valence-electron chi connectivity index (χ2n) is 10.3. The topological polar surface area (TPSA) is 73.5 Å². The molecule has 0 bridgehead atoms. The van der Waals surface area contributed by atoms with Gasteiger partial charge in [0.2, 0.25) is 11.8 Å². The smallest absolute Gasteiger partial charge is 0.243 e. The Labute approximate surface area is 219 Å². The minimum atomic E-state index is -0.457. The number of nitrogens with one attached hydrogen (secondary N) is 3. The van der Waals surface area contributed by atoms with Gasteiger partial charge in [-0.2, -0.15) is 11.8 Å². The summed E-state index contributed by atoms with van der Waals surface area (Å²) < 4.78 is 0. The van der Waals surface area contributed by atoms with Crippen LogP contribution >= 0.6 is 23.5 Å². The molecular weight excluding hydrogens is 476 g/mol. The van der Waals surface area contributed by atoms with Crippen LogP contribution in [0.2, 0.25) is 0 Å². The number of carbonyl (C=O) groups is 2. The van der Waals surface area contributed by atoms with Crippen LogP contribution in [0.3, 0.4) is 0 Å². The normalized spacial score (nSPS) is 23.1. The monoisotopic (exact) mass is 518 g/mol. The number of benzene rings is 1. The predicted molar refractivity (Wildman–Crippen MR) is 148 cm³/mol. The molecule has 1 aromatic carbocycles. The van der Waals surface area contributed by atoms with E-state index in [1.807, 2.05) is 11.8 Å².